The van der Waals surface area contributed by atoms with Gasteiger partial charge in [0, 0.05) is 0 Å². The first kappa shape index (κ1) is 18.9. The number of carbonyl (C=O) groups excluding carboxylic acids is 1. The first-order chi connectivity index (χ1) is 14.3. The second-order valence-corrected chi connectivity index (χ2v) is 10.1. The molecule has 3 aliphatic rings. The average Bonchev–Trinajstić information content (AvgIpc) is 3.44. The number of rotatable bonds is 4. The Morgan fingerprint density at radius 2 is 2.00 bits per heavy atom. The molecule has 5 rings (SSSR count). The van der Waals surface area contributed by atoms with Gasteiger partial charge in [0.25, 0.3) is 5.91 Å². The van der Waals surface area contributed by atoms with Crippen molar-refractivity contribution in [3.05, 3.63) is 34.5 Å². The molecule has 30 heavy (non-hydrogen) atoms. The second kappa shape index (κ2) is 6.47. The summed E-state index contributed by atoms with van der Waals surface area (Å²) in [5.74, 6) is -0.494. The van der Waals surface area contributed by atoms with Gasteiger partial charge in [-0.1, -0.05) is 6.07 Å². The topological polar surface area (TPSA) is 135 Å². The van der Waals surface area contributed by atoms with E-state index >= 15 is 0 Å². The lowest BCUT2D eigenvalue weighted by molar-refractivity contribution is -0.131. The maximum atomic E-state index is 14.0. The highest BCUT2D eigenvalue weighted by molar-refractivity contribution is 7.92. The van der Waals surface area contributed by atoms with Crippen LogP contribution in [0.1, 0.15) is 42.0 Å². The Morgan fingerprint density at radius 1 is 1.33 bits per heavy atom. The number of ether oxygens (including phenoxy) is 1. The van der Waals surface area contributed by atoms with Gasteiger partial charge in [0.2, 0.25) is 11.5 Å². The van der Waals surface area contributed by atoms with Gasteiger partial charge in [-0.2, -0.15) is 14.7 Å². The van der Waals surface area contributed by atoms with Crippen molar-refractivity contribution in [1.82, 2.24) is 14.5 Å². The molecular formula is C20H22N6O3S. The maximum absolute atomic E-state index is 14.0. The molecule has 0 bridgehead atoms. The Kier molecular flexibility index (Phi) is 4.08. The Morgan fingerprint density at radius 3 is 2.60 bits per heavy atom. The number of primary amides is 1. The van der Waals surface area contributed by atoms with E-state index in [0.29, 0.717) is 0 Å². The molecule has 10 heteroatoms. The Hall–Kier alpha value is -3.06. The van der Waals surface area contributed by atoms with Crippen molar-refractivity contribution in [3.8, 4) is 12.1 Å². The highest BCUT2D eigenvalue weighted by atomic mass is 32.2. The van der Waals surface area contributed by atoms with Crippen LogP contribution in [0.4, 0.5) is 5.69 Å². The number of nitrogens with zero attached hydrogens (tertiary/aromatic N) is 4. The van der Waals surface area contributed by atoms with Gasteiger partial charge in [0.15, 0.2) is 21.0 Å². The van der Waals surface area contributed by atoms with E-state index in [1.165, 1.54) is 22.0 Å². The zero-order valence-electron chi connectivity index (χ0n) is 16.6. The molecule has 0 fully saturated rings. The fraction of sp³-hybridized carbons (Fsp3) is 0.450. The third-order valence-electron chi connectivity index (χ3n) is 6.20. The lowest BCUT2D eigenvalue weighted by Crippen LogP contribution is -2.45. The van der Waals surface area contributed by atoms with Crippen LogP contribution >= 0.6 is 0 Å². The molecule has 1 aromatic heterocycles. The average molecular weight is 427 g/mol. The van der Waals surface area contributed by atoms with Gasteiger partial charge in [0.1, 0.15) is 0 Å². The fourth-order valence-corrected chi connectivity index (χ4v) is 6.06. The van der Waals surface area contributed by atoms with E-state index < -0.39 is 21.4 Å². The molecule has 9 nitrogen and oxygen atoms in total. The van der Waals surface area contributed by atoms with Crippen LogP contribution in [0.15, 0.2) is 21.5 Å². The Balaban J connectivity index is 1.70. The van der Waals surface area contributed by atoms with E-state index in [4.69, 9.17) is 10.5 Å². The number of hydrogen-bond donors (Lipinski definition) is 2. The molecule has 1 aromatic carbocycles. The number of benzene rings is 1. The molecule has 2 heterocycles. The van der Waals surface area contributed by atoms with Gasteiger partial charge < -0.3 is 10.5 Å². The Labute approximate surface area is 174 Å². The summed E-state index contributed by atoms with van der Waals surface area (Å²) in [7, 11) is -3.42. The third kappa shape index (κ3) is 2.69. The molecule has 2 aliphatic carbocycles. The predicted molar refractivity (Wildman–Crippen MR) is 108 cm³/mol. The van der Waals surface area contributed by atoms with Crippen LogP contribution in [0.3, 0.4) is 0 Å². The highest BCUT2D eigenvalue weighted by Crippen LogP contribution is 2.42. The number of aryl methyl sites for hydroxylation is 2. The number of aromatic nitrogens is 2. The monoisotopic (exact) mass is 426 g/mol. The number of nitrogens with one attached hydrogen (secondary N) is 1. The summed E-state index contributed by atoms with van der Waals surface area (Å²) >= 11 is 0. The third-order valence-corrected chi connectivity index (χ3v) is 7.88. The summed E-state index contributed by atoms with van der Waals surface area (Å²) in [6.45, 7) is 1.66. The lowest BCUT2D eigenvalue weighted by Gasteiger charge is -2.19. The molecule has 2 atom stereocenters. The first-order valence-electron chi connectivity index (χ1n) is 9.99. The van der Waals surface area contributed by atoms with Gasteiger partial charge in [-0.15, -0.1) is 0 Å². The van der Waals surface area contributed by atoms with E-state index in [0.717, 1.165) is 55.3 Å². The number of carbonyl (C=O) groups is 1. The number of hydrogen-bond acceptors (Lipinski definition) is 6. The standard InChI is InChI=1S/C20H22N6O3S/c1-20(19(22)27)10-26-18(29-20)16(9-23-26)30(28,24-11-21)25-17-14-6-2-4-12(14)8-13-5-3-7-15(13)17/h8-9H,2-7,10H2,1H3,(H2,22,27)(H,24,25,28)/t20-,30+/m0/s1. The van der Waals surface area contributed by atoms with E-state index in [-0.39, 0.29) is 17.3 Å². The van der Waals surface area contributed by atoms with E-state index in [2.05, 4.69) is 20.2 Å². The molecule has 0 saturated heterocycles. The van der Waals surface area contributed by atoms with Crippen molar-refractivity contribution in [1.29, 1.82) is 5.26 Å². The summed E-state index contributed by atoms with van der Waals surface area (Å²) in [6.07, 6.45) is 8.98. The van der Waals surface area contributed by atoms with Crippen LogP contribution in [0.25, 0.3) is 0 Å². The molecule has 0 spiro atoms. The van der Waals surface area contributed by atoms with Crippen LogP contribution in [0.5, 0.6) is 5.88 Å². The molecule has 0 radical (unpaired) electrons. The number of fused-ring (bicyclic) bond motifs is 3. The SMILES string of the molecule is C[C@@]1(C(N)=O)Cn2ncc([S@](=O)(=Nc3c4c(cc5c3CCC5)CCC4)NC#N)c2O1. The van der Waals surface area contributed by atoms with Crippen LogP contribution < -0.4 is 15.2 Å². The predicted octanol–water partition coefficient (Wildman–Crippen LogP) is 1.64. The maximum Gasteiger partial charge on any atom is 0.263 e. The van der Waals surface area contributed by atoms with Crippen molar-refractivity contribution in [3.63, 3.8) is 0 Å². The smallest absolute Gasteiger partial charge is 0.263 e. The van der Waals surface area contributed by atoms with Gasteiger partial charge in [0.05, 0.1) is 18.4 Å². The van der Waals surface area contributed by atoms with Crippen LogP contribution in [-0.2, 0) is 46.9 Å². The van der Waals surface area contributed by atoms with E-state index in [9.17, 15) is 14.3 Å². The summed E-state index contributed by atoms with van der Waals surface area (Å²) < 4.78 is 28.3. The number of nitrogens with two attached hydrogens (primary N) is 1. The zero-order valence-corrected chi connectivity index (χ0v) is 17.4. The van der Waals surface area contributed by atoms with Crippen LogP contribution in [0.2, 0.25) is 0 Å². The number of nitriles is 1. The number of amides is 1. The fourth-order valence-electron chi connectivity index (χ4n) is 4.64. The van der Waals surface area contributed by atoms with Crippen molar-refractivity contribution >= 4 is 21.5 Å². The zero-order chi connectivity index (χ0) is 21.1. The molecule has 3 N–H and O–H groups in total. The van der Waals surface area contributed by atoms with Gasteiger partial charge >= 0.3 is 0 Å². The molecular weight excluding hydrogens is 404 g/mol. The van der Waals surface area contributed by atoms with Crippen molar-refractivity contribution in [2.24, 2.45) is 10.1 Å². The van der Waals surface area contributed by atoms with Crippen molar-refractivity contribution in [2.45, 2.75) is 62.5 Å². The minimum absolute atomic E-state index is 0.107. The first-order valence-corrected chi connectivity index (χ1v) is 11.5. The second-order valence-electron chi connectivity index (χ2n) is 8.21. The van der Waals surface area contributed by atoms with E-state index in [1.54, 1.807) is 13.1 Å². The summed E-state index contributed by atoms with van der Waals surface area (Å²) in [6, 6.07) is 2.27. The quantitative estimate of drug-likeness (QED) is 0.566. The largest absolute Gasteiger partial charge is 0.458 e. The summed E-state index contributed by atoms with van der Waals surface area (Å²) in [5.41, 5.74) is 9.66. The minimum atomic E-state index is -3.42. The van der Waals surface area contributed by atoms with Crippen LogP contribution in [0, 0.1) is 11.5 Å². The van der Waals surface area contributed by atoms with Crippen molar-refractivity contribution in [2.75, 3.05) is 0 Å². The van der Waals surface area contributed by atoms with Gasteiger partial charge in [-0.05, 0) is 67.7 Å². The van der Waals surface area contributed by atoms with Crippen LogP contribution in [-0.4, -0.2) is 25.5 Å². The minimum Gasteiger partial charge on any atom is -0.458 e. The van der Waals surface area contributed by atoms with Crippen molar-refractivity contribution < 1.29 is 13.7 Å². The lowest BCUT2D eigenvalue weighted by atomic mass is 9.99. The molecule has 0 unspecified atom stereocenters. The Bertz CT molecular complexity index is 1220. The van der Waals surface area contributed by atoms with E-state index in [1.807, 2.05) is 0 Å². The molecule has 1 aliphatic heterocycles. The normalized spacial score (nSPS) is 22.9. The summed E-state index contributed by atoms with van der Waals surface area (Å²) in [4.78, 5) is 12.0. The van der Waals surface area contributed by atoms with Gasteiger partial charge in [-0.3, -0.25) is 4.79 Å². The summed E-state index contributed by atoms with van der Waals surface area (Å²) in [5, 5.41) is 13.6. The highest BCUT2D eigenvalue weighted by Gasteiger charge is 2.44. The molecule has 156 valence electrons. The molecule has 1 amide bonds. The van der Waals surface area contributed by atoms with Gasteiger partial charge in [-0.25, -0.2) is 13.6 Å². The molecule has 2 aromatic rings. The molecule has 0 saturated carbocycles.